The van der Waals surface area contributed by atoms with E-state index in [2.05, 4.69) is 97.1 Å². The highest BCUT2D eigenvalue weighted by molar-refractivity contribution is 5.86. The highest BCUT2D eigenvalue weighted by atomic mass is 16.5. The maximum Gasteiger partial charge on any atom is 0.142 e. The van der Waals surface area contributed by atoms with Crippen molar-refractivity contribution in [3.63, 3.8) is 0 Å². The fourth-order valence-corrected chi connectivity index (χ4v) is 3.51. The second-order valence-corrected chi connectivity index (χ2v) is 8.21. The van der Waals surface area contributed by atoms with Crippen LogP contribution in [0.4, 0.5) is 0 Å². The molecule has 0 aliphatic rings. The lowest BCUT2D eigenvalue weighted by atomic mass is 9.87. The Labute approximate surface area is 166 Å². The first-order chi connectivity index (χ1) is 13.5. The number of fused-ring (bicyclic) bond motifs is 1. The molecule has 0 aliphatic carbocycles. The van der Waals surface area contributed by atoms with Crippen LogP contribution in [-0.2, 0) is 12.0 Å². The Morgan fingerprint density at radius 3 is 2.39 bits per heavy atom. The van der Waals surface area contributed by atoms with Crippen LogP contribution in [0.5, 0.6) is 5.75 Å². The lowest BCUT2D eigenvalue weighted by Crippen LogP contribution is -2.15. The van der Waals surface area contributed by atoms with E-state index in [-0.39, 0.29) is 11.5 Å². The second kappa shape index (κ2) is 7.51. The molecule has 4 rings (SSSR count). The van der Waals surface area contributed by atoms with E-state index in [1.165, 1.54) is 21.9 Å². The van der Waals surface area contributed by atoms with E-state index in [1.54, 1.807) is 6.20 Å². The molecule has 0 aliphatic heterocycles. The molecule has 1 heterocycles. The molecule has 0 bridgehead atoms. The van der Waals surface area contributed by atoms with Crippen LogP contribution in [0.1, 0.15) is 38.0 Å². The highest BCUT2D eigenvalue weighted by Gasteiger charge is 2.18. The van der Waals surface area contributed by atoms with E-state index in [4.69, 9.17) is 4.74 Å². The van der Waals surface area contributed by atoms with Crippen molar-refractivity contribution >= 4 is 10.8 Å². The zero-order chi connectivity index (χ0) is 19.6. The molecule has 3 nitrogen and oxygen atoms in total. The summed E-state index contributed by atoms with van der Waals surface area (Å²) in [5, 5.41) is 2.45. The summed E-state index contributed by atoms with van der Waals surface area (Å²) in [6, 6.07) is 23.3. The fraction of sp³-hybridized carbons (Fsp3) is 0.240. The largest absolute Gasteiger partial charge is 0.484 e. The Balaban J connectivity index is 1.70. The molecule has 0 saturated heterocycles. The fourth-order valence-electron chi connectivity index (χ4n) is 3.51. The zero-order valence-corrected chi connectivity index (χ0v) is 16.7. The van der Waals surface area contributed by atoms with E-state index in [9.17, 15) is 0 Å². The van der Waals surface area contributed by atoms with E-state index in [1.807, 2.05) is 12.5 Å². The number of hydrogen-bond donors (Lipinski definition) is 0. The molecule has 1 aromatic heterocycles. The maximum atomic E-state index is 6.50. The quantitative estimate of drug-likeness (QED) is 0.421. The van der Waals surface area contributed by atoms with E-state index in [0.29, 0.717) is 6.54 Å². The number of rotatable bonds is 5. The molecule has 0 saturated carbocycles. The van der Waals surface area contributed by atoms with Crippen molar-refractivity contribution in [2.45, 2.75) is 38.8 Å². The Hall–Kier alpha value is -3.07. The van der Waals surface area contributed by atoms with E-state index in [0.717, 1.165) is 5.75 Å². The van der Waals surface area contributed by atoms with Crippen molar-refractivity contribution in [1.82, 2.24) is 9.55 Å². The maximum absolute atomic E-state index is 6.50. The first kappa shape index (κ1) is 18.3. The van der Waals surface area contributed by atoms with Gasteiger partial charge in [-0.15, -0.1) is 0 Å². The number of hydrogen-bond acceptors (Lipinski definition) is 2. The van der Waals surface area contributed by atoms with Crippen LogP contribution in [0.3, 0.4) is 0 Å². The minimum atomic E-state index is -0.110. The lowest BCUT2D eigenvalue weighted by molar-refractivity contribution is 0.185. The highest BCUT2D eigenvalue weighted by Crippen LogP contribution is 2.31. The average molecular weight is 370 g/mol. The monoisotopic (exact) mass is 370 g/mol. The van der Waals surface area contributed by atoms with Gasteiger partial charge in [-0.25, -0.2) is 4.98 Å². The van der Waals surface area contributed by atoms with Crippen molar-refractivity contribution in [1.29, 1.82) is 0 Å². The SMILES string of the molecule is CC(C)(C)c1ccc(OC(Cn2ccnc2)c2cccc3ccccc23)cc1. The van der Waals surface area contributed by atoms with Crippen LogP contribution < -0.4 is 4.74 Å². The Bertz CT molecular complexity index is 1040. The molecule has 0 radical (unpaired) electrons. The van der Waals surface area contributed by atoms with Gasteiger partial charge in [-0.1, -0.05) is 75.4 Å². The Morgan fingerprint density at radius 2 is 1.68 bits per heavy atom. The molecule has 1 atom stereocenters. The first-order valence-corrected chi connectivity index (χ1v) is 9.71. The van der Waals surface area contributed by atoms with Gasteiger partial charge in [0.05, 0.1) is 12.9 Å². The van der Waals surface area contributed by atoms with Gasteiger partial charge in [0.2, 0.25) is 0 Å². The van der Waals surface area contributed by atoms with E-state index >= 15 is 0 Å². The molecule has 142 valence electrons. The minimum absolute atomic E-state index is 0.110. The predicted molar refractivity (Wildman–Crippen MR) is 115 cm³/mol. The normalized spacial score (nSPS) is 12.8. The van der Waals surface area contributed by atoms with Crippen LogP contribution in [0.25, 0.3) is 10.8 Å². The van der Waals surface area contributed by atoms with Gasteiger partial charge in [-0.3, -0.25) is 0 Å². The summed E-state index contributed by atoms with van der Waals surface area (Å²) in [5.74, 6) is 0.881. The van der Waals surface area contributed by atoms with E-state index < -0.39 is 0 Å². The van der Waals surface area contributed by atoms with Crippen molar-refractivity contribution in [3.8, 4) is 5.75 Å². The molecule has 0 spiro atoms. The summed E-state index contributed by atoms with van der Waals surface area (Å²) in [7, 11) is 0. The van der Waals surface area contributed by atoms with Crippen LogP contribution >= 0.6 is 0 Å². The molecular weight excluding hydrogens is 344 g/mol. The minimum Gasteiger partial charge on any atom is -0.484 e. The molecule has 28 heavy (non-hydrogen) atoms. The Morgan fingerprint density at radius 1 is 0.929 bits per heavy atom. The van der Waals surface area contributed by atoms with Crippen molar-refractivity contribution < 1.29 is 4.74 Å². The third kappa shape index (κ3) is 3.94. The molecule has 0 N–H and O–H groups in total. The number of benzene rings is 3. The summed E-state index contributed by atoms with van der Waals surface area (Å²) in [6.45, 7) is 7.37. The predicted octanol–water partition coefficient (Wildman–Crippen LogP) is 6.15. The van der Waals surface area contributed by atoms with Gasteiger partial charge in [0.1, 0.15) is 11.9 Å². The molecule has 4 aromatic rings. The lowest BCUT2D eigenvalue weighted by Gasteiger charge is -2.23. The number of aromatic nitrogens is 2. The van der Waals surface area contributed by atoms with Crippen molar-refractivity contribution in [3.05, 3.63) is 96.6 Å². The molecule has 1 unspecified atom stereocenters. The van der Waals surface area contributed by atoms with Crippen LogP contribution in [0, 0.1) is 0 Å². The van der Waals surface area contributed by atoms with Crippen LogP contribution in [0.2, 0.25) is 0 Å². The zero-order valence-electron chi connectivity index (χ0n) is 16.7. The summed E-state index contributed by atoms with van der Waals surface area (Å²) >= 11 is 0. The van der Waals surface area contributed by atoms with Crippen molar-refractivity contribution in [2.75, 3.05) is 0 Å². The van der Waals surface area contributed by atoms with Gasteiger partial charge >= 0.3 is 0 Å². The summed E-state index contributed by atoms with van der Waals surface area (Å²) in [4.78, 5) is 4.18. The smallest absolute Gasteiger partial charge is 0.142 e. The van der Waals surface area contributed by atoms with Gasteiger partial charge < -0.3 is 9.30 Å². The molecule has 0 fully saturated rings. The third-order valence-corrected chi connectivity index (χ3v) is 5.10. The topological polar surface area (TPSA) is 27.1 Å². The standard InChI is InChI=1S/C25H26N2O/c1-25(2,3)20-11-13-21(14-12-20)28-24(17-27-16-15-26-18-27)23-10-6-8-19-7-4-5-9-22(19)23/h4-16,18,24H,17H2,1-3H3. The average Bonchev–Trinajstić information content (AvgIpc) is 3.20. The molecule has 3 aromatic carbocycles. The summed E-state index contributed by atoms with van der Waals surface area (Å²) in [5.41, 5.74) is 2.62. The number of imidazole rings is 1. The van der Waals surface area contributed by atoms with Gasteiger partial charge in [0, 0.05) is 18.0 Å². The summed E-state index contributed by atoms with van der Waals surface area (Å²) in [6.07, 6.45) is 5.51. The first-order valence-electron chi connectivity index (χ1n) is 9.71. The third-order valence-electron chi connectivity index (χ3n) is 5.10. The van der Waals surface area contributed by atoms with Gasteiger partial charge in [0.25, 0.3) is 0 Å². The second-order valence-electron chi connectivity index (χ2n) is 8.21. The van der Waals surface area contributed by atoms with Crippen LogP contribution in [-0.4, -0.2) is 9.55 Å². The van der Waals surface area contributed by atoms with Gasteiger partial charge in [0.15, 0.2) is 0 Å². The summed E-state index contributed by atoms with van der Waals surface area (Å²) < 4.78 is 8.57. The molecule has 0 amide bonds. The molecule has 3 heteroatoms. The van der Waals surface area contributed by atoms with Crippen molar-refractivity contribution in [2.24, 2.45) is 0 Å². The van der Waals surface area contributed by atoms with Crippen LogP contribution in [0.15, 0.2) is 85.5 Å². The Kier molecular flexibility index (Phi) is 4.91. The molecular formula is C25H26N2O. The number of nitrogens with zero attached hydrogens (tertiary/aromatic N) is 2. The van der Waals surface area contributed by atoms with Gasteiger partial charge in [-0.05, 0) is 33.9 Å². The number of ether oxygens (including phenoxy) is 1. The van der Waals surface area contributed by atoms with Gasteiger partial charge in [-0.2, -0.15) is 0 Å².